The van der Waals surface area contributed by atoms with Crippen LogP contribution in [0, 0.1) is 5.92 Å². The Morgan fingerprint density at radius 1 is 1.04 bits per heavy atom. The summed E-state index contributed by atoms with van der Waals surface area (Å²) < 4.78 is 52.5. The smallest absolute Gasteiger partial charge is 0.229 e. The lowest BCUT2D eigenvalue weighted by Gasteiger charge is -2.29. The van der Waals surface area contributed by atoms with E-state index in [2.05, 4.69) is 0 Å². The van der Waals surface area contributed by atoms with Gasteiger partial charge in [0.15, 0.2) is 9.84 Å². The normalized spacial score (nSPS) is 19.6. The maximum Gasteiger partial charge on any atom is 0.243 e. The van der Waals surface area contributed by atoms with Crippen molar-refractivity contribution in [2.75, 3.05) is 18.1 Å². The molecule has 1 saturated heterocycles. The van der Waals surface area contributed by atoms with E-state index in [0.29, 0.717) is 18.5 Å². The molecule has 0 aromatic heterocycles. The molecule has 0 bridgehead atoms. The molecular formula is C20H25NO4S2. The van der Waals surface area contributed by atoms with Crippen LogP contribution in [0.1, 0.15) is 20.3 Å². The second-order valence-corrected chi connectivity index (χ2v) is 11.5. The fourth-order valence-corrected chi connectivity index (χ4v) is 7.34. The van der Waals surface area contributed by atoms with Crippen LogP contribution in [0.2, 0.25) is 0 Å². The van der Waals surface area contributed by atoms with E-state index in [-0.39, 0.29) is 22.3 Å². The van der Waals surface area contributed by atoms with E-state index in [9.17, 15) is 16.8 Å². The van der Waals surface area contributed by atoms with Gasteiger partial charge in [-0.3, -0.25) is 0 Å². The lowest BCUT2D eigenvalue weighted by molar-refractivity contribution is 0.308. The van der Waals surface area contributed by atoms with Gasteiger partial charge in [0, 0.05) is 18.2 Å². The predicted octanol–water partition coefficient (Wildman–Crippen LogP) is 3.19. The van der Waals surface area contributed by atoms with Gasteiger partial charge in [0.05, 0.1) is 16.4 Å². The van der Waals surface area contributed by atoms with Crippen molar-refractivity contribution in [1.29, 1.82) is 0 Å². The van der Waals surface area contributed by atoms with Crippen molar-refractivity contribution in [3.05, 3.63) is 54.6 Å². The molecule has 1 unspecified atom stereocenters. The average Bonchev–Trinajstić information content (AvgIpc) is 2.99. The Morgan fingerprint density at radius 3 is 2.26 bits per heavy atom. The van der Waals surface area contributed by atoms with E-state index in [1.807, 2.05) is 50.2 Å². The Kier molecular flexibility index (Phi) is 5.74. The van der Waals surface area contributed by atoms with Crippen LogP contribution in [0.3, 0.4) is 0 Å². The molecule has 0 spiro atoms. The minimum absolute atomic E-state index is 0.0438. The van der Waals surface area contributed by atoms with Crippen LogP contribution in [0.4, 0.5) is 0 Å². The van der Waals surface area contributed by atoms with Crippen LogP contribution in [0.25, 0.3) is 11.1 Å². The number of sulfonamides is 1. The van der Waals surface area contributed by atoms with Crippen LogP contribution in [0.5, 0.6) is 0 Å². The molecule has 1 atom stereocenters. The zero-order valence-electron chi connectivity index (χ0n) is 15.6. The summed E-state index contributed by atoms with van der Waals surface area (Å²) in [5, 5.41) is 0. The summed E-state index contributed by atoms with van der Waals surface area (Å²) in [4.78, 5) is 0.223. The Labute approximate surface area is 162 Å². The predicted molar refractivity (Wildman–Crippen MR) is 108 cm³/mol. The maximum absolute atomic E-state index is 13.6. The van der Waals surface area contributed by atoms with Crippen LogP contribution in [-0.4, -0.2) is 45.2 Å². The highest BCUT2D eigenvalue weighted by atomic mass is 32.2. The lowest BCUT2D eigenvalue weighted by atomic mass is 10.1. The topological polar surface area (TPSA) is 71.5 Å². The quantitative estimate of drug-likeness (QED) is 0.737. The van der Waals surface area contributed by atoms with Crippen LogP contribution in [0.15, 0.2) is 59.5 Å². The first-order chi connectivity index (χ1) is 12.7. The molecule has 7 heteroatoms. The van der Waals surface area contributed by atoms with Gasteiger partial charge < -0.3 is 0 Å². The number of sulfone groups is 1. The zero-order valence-corrected chi connectivity index (χ0v) is 17.2. The SMILES string of the molecule is CC(C)CN(C1CCS(=O)(=O)C1)S(=O)(=O)c1ccccc1-c1ccccc1. The molecule has 146 valence electrons. The molecule has 0 radical (unpaired) electrons. The van der Waals surface area contributed by atoms with Gasteiger partial charge in [0.1, 0.15) is 0 Å². The lowest BCUT2D eigenvalue weighted by Crippen LogP contribution is -2.43. The monoisotopic (exact) mass is 407 g/mol. The van der Waals surface area contributed by atoms with Crippen molar-refractivity contribution in [3.8, 4) is 11.1 Å². The van der Waals surface area contributed by atoms with Crippen molar-refractivity contribution in [2.24, 2.45) is 5.92 Å². The molecule has 27 heavy (non-hydrogen) atoms. The second kappa shape index (κ2) is 7.73. The molecule has 0 amide bonds. The van der Waals surface area contributed by atoms with Gasteiger partial charge in [-0.05, 0) is 24.0 Å². The van der Waals surface area contributed by atoms with E-state index < -0.39 is 25.9 Å². The second-order valence-electron chi connectivity index (χ2n) is 7.39. The van der Waals surface area contributed by atoms with Crippen molar-refractivity contribution >= 4 is 19.9 Å². The van der Waals surface area contributed by atoms with Gasteiger partial charge in [0.25, 0.3) is 0 Å². The summed E-state index contributed by atoms with van der Waals surface area (Å²) in [6.07, 6.45) is 0.349. The first kappa shape index (κ1) is 20.0. The minimum Gasteiger partial charge on any atom is -0.229 e. The first-order valence-electron chi connectivity index (χ1n) is 9.07. The van der Waals surface area contributed by atoms with E-state index in [1.54, 1.807) is 18.2 Å². The van der Waals surface area contributed by atoms with Crippen molar-refractivity contribution < 1.29 is 16.8 Å². The fraction of sp³-hybridized carbons (Fsp3) is 0.400. The summed E-state index contributed by atoms with van der Waals surface area (Å²) in [5.74, 6) is 0.0288. The van der Waals surface area contributed by atoms with E-state index >= 15 is 0 Å². The van der Waals surface area contributed by atoms with Crippen LogP contribution < -0.4 is 0 Å². The fourth-order valence-electron chi connectivity index (χ4n) is 3.48. The first-order valence-corrected chi connectivity index (χ1v) is 12.3. The van der Waals surface area contributed by atoms with Gasteiger partial charge >= 0.3 is 0 Å². The summed E-state index contributed by atoms with van der Waals surface area (Å²) in [7, 11) is -7.03. The van der Waals surface area contributed by atoms with Gasteiger partial charge in [-0.25, -0.2) is 16.8 Å². The van der Waals surface area contributed by atoms with Crippen molar-refractivity contribution in [3.63, 3.8) is 0 Å². The Hall–Kier alpha value is -1.70. The van der Waals surface area contributed by atoms with E-state index in [4.69, 9.17) is 0 Å². The standard InChI is InChI=1S/C20H25NO4S2/c1-16(2)14-21(18-12-13-26(22,23)15-18)27(24,25)20-11-7-6-10-19(20)17-8-4-3-5-9-17/h3-11,16,18H,12-15H2,1-2H3. The molecule has 0 aliphatic carbocycles. The molecule has 0 saturated carbocycles. The molecule has 1 aliphatic rings. The Morgan fingerprint density at radius 2 is 1.67 bits per heavy atom. The van der Waals surface area contributed by atoms with Crippen molar-refractivity contribution in [1.82, 2.24) is 4.31 Å². The number of hydrogen-bond acceptors (Lipinski definition) is 4. The molecule has 0 N–H and O–H groups in total. The maximum atomic E-state index is 13.6. The van der Waals surface area contributed by atoms with Gasteiger partial charge in [0.2, 0.25) is 10.0 Å². The third kappa shape index (κ3) is 4.42. The zero-order chi connectivity index (χ0) is 19.7. The Balaban J connectivity index is 2.08. The average molecular weight is 408 g/mol. The van der Waals surface area contributed by atoms with Crippen molar-refractivity contribution in [2.45, 2.75) is 31.2 Å². The number of nitrogens with zero attached hydrogens (tertiary/aromatic N) is 1. The summed E-state index contributed by atoms with van der Waals surface area (Å²) >= 11 is 0. The third-order valence-corrected chi connectivity index (χ3v) is 8.45. The number of hydrogen-bond donors (Lipinski definition) is 0. The molecule has 3 rings (SSSR count). The van der Waals surface area contributed by atoms with E-state index in [1.165, 1.54) is 4.31 Å². The van der Waals surface area contributed by atoms with Gasteiger partial charge in [-0.15, -0.1) is 0 Å². The molecule has 2 aromatic rings. The molecule has 1 aliphatic heterocycles. The largest absolute Gasteiger partial charge is 0.243 e. The highest BCUT2D eigenvalue weighted by Crippen LogP contribution is 2.32. The molecule has 1 heterocycles. The van der Waals surface area contributed by atoms with Crippen LogP contribution in [-0.2, 0) is 19.9 Å². The highest BCUT2D eigenvalue weighted by Gasteiger charge is 2.39. The Bertz CT molecular complexity index is 999. The van der Waals surface area contributed by atoms with Gasteiger partial charge in [-0.2, -0.15) is 4.31 Å². The third-order valence-electron chi connectivity index (χ3n) is 4.72. The van der Waals surface area contributed by atoms with Gasteiger partial charge in [-0.1, -0.05) is 62.4 Å². The summed E-state index contributed by atoms with van der Waals surface area (Å²) in [6, 6.07) is 15.8. The number of benzene rings is 2. The molecule has 1 fully saturated rings. The summed E-state index contributed by atoms with van der Waals surface area (Å²) in [5.41, 5.74) is 1.45. The highest BCUT2D eigenvalue weighted by molar-refractivity contribution is 7.92. The number of rotatable bonds is 6. The van der Waals surface area contributed by atoms with Crippen LogP contribution >= 0.6 is 0 Å². The molecular weight excluding hydrogens is 382 g/mol. The van der Waals surface area contributed by atoms with E-state index in [0.717, 1.165) is 5.56 Å². The minimum atomic E-state index is -3.84. The molecule has 2 aromatic carbocycles. The molecule has 5 nitrogen and oxygen atoms in total. The summed E-state index contributed by atoms with van der Waals surface area (Å²) in [6.45, 7) is 4.18.